The Bertz CT molecular complexity index is 252. The van der Waals surface area contributed by atoms with Crippen LogP contribution in [0.3, 0.4) is 0 Å². The number of ketones is 1. The second-order valence-electron chi connectivity index (χ2n) is 5.32. The second kappa shape index (κ2) is 17.2. The molecule has 0 aliphatic rings. The first-order valence-corrected chi connectivity index (χ1v) is 8.39. The standard InChI is InChI=1S/C15H29NO3.C2H6/c1-13(2)15(18)16-10-8-6-4-5-7-9-11-19-12-14(3)17;1-2/h13H,4-12H2,1-3H3,(H,16,18);1-2H3. The third-order valence-electron chi connectivity index (χ3n) is 2.84. The van der Waals surface area contributed by atoms with Gasteiger partial charge in [0.15, 0.2) is 5.78 Å². The highest BCUT2D eigenvalue weighted by Gasteiger charge is 2.04. The zero-order chi connectivity index (χ0) is 16.5. The zero-order valence-electron chi connectivity index (χ0n) is 14.7. The molecular weight excluding hydrogens is 266 g/mol. The van der Waals surface area contributed by atoms with Crippen molar-refractivity contribution in [2.24, 2.45) is 5.92 Å². The molecule has 4 nitrogen and oxygen atoms in total. The van der Waals surface area contributed by atoms with E-state index in [1.807, 2.05) is 27.7 Å². The van der Waals surface area contributed by atoms with Crippen molar-refractivity contribution in [3.63, 3.8) is 0 Å². The number of hydrogen-bond donors (Lipinski definition) is 1. The van der Waals surface area contributed by atoms with E-state index in [-0.39, 0.29) is 24.2 Å². The molecule has 0 atom stereocenters. The van der Waals surface area contributed by atoms with Crippen molar-refractivity contribution in [3.8, 4) is 0 Å². The molecule has 0 aliphatic heterocycles. The van der Waals surface area contributed by atoms with Gasteiger partial charge in [0.1, 0.15) is 6.61 Å². The molecule has 0 bridgehead atoms. The number of hydrogen-bond acceptors (Lipinski definition) is 3. The predicted octanol–water partition coefficient (Wildman–Crippen LogP) is 3.73. The summed E-state index contributed by atoms with van der Waals surface area (Å²) in [6.07, 6.45) is 6.78. The number of rotatable bonds is 12. The topological polar surface area (TPSA) is 55.4 Å². The maximum atomic E-state index is 11.3. The fourth-order valence-corrected chi connectivity index (χ4v) is 1.67. The quantitative estimate of drug-likeness (QED) is 0.559. The molecule has 1 N–H and O–H groups in total. The number of amides is 1. The first-order valence-electron chi connectivity index (χ1n) is 8.39. The normalized spacial score (nSPS) is 10.0. The summed E-state index contributed by atoms with van der Waals surface area (Å²) in [6, 6.07) is 0. The molecule has 0 radical (unpaired) electrons. The highest BCUT2D eigenvalue weighted by molar-refractivity contribution is 5.77. The number of ether oxygens (including phenoxy) is 1. The number of carbonyl (C=O) groups is 2. The molecule has 0 aliphatic carbocycles. The van der Waals surface area contributed by atoms with Gasteiger partial charge in [0.05, 0.1) is 0 Å². The summed E-state index contributed by atoms with van der Waals surface area (Å²) in [6.45, 7) is 11.1. The molecule has 0 rings (SSSR count). The summed E-state index contributed by atoms with van der Waals surface area (Å²) in [5.74, 6) is 0.307. The summed E-state index contributed by atoms with van der Waals surface area (Å²) in [5, 5.41) is 2.92. The van der Waals surface area contributed by atoms with E-state index < -0.39 is 0 Å². The van der Waals surface area contributed by atoms with Gasteiger partial charge in [0.2, 0.25) is 5.91 Å². The average molecular weight is 301 g/mol. The van der Waals surface area contributed by atoms with Crippen LogP contribution in [0.4, 0.5) is 0 Å². The van der Waals surface area contributed by atoms with Gasteiger partial charge in [-0.2, -0.15) is 0 Å². The van der Waals surface area contributed by atoms with Crippen LogP contribution in [0.1, 0.15) is 73.1 Å². The van der Waals surface area contributed by atoms with E-state index in [0.717, 1.165) is 32.2 Å². The van der Waals surface area contributed by atoms with Crippen molar-refractivity contribution in [3.05, 3.63) is 0 Å². The third-order valence-corrected chi connectivity index (χ3v) is 2.84. The highest BCUT2D eigenvalue weighted by Crippen LogP contribution is 2.05. The van der Waals surface area contributed by atoms with Gasteiger partial charge in [-0.3, -0.25) is 9.59 Å². The smallest absolute Gasteiger partial charge is 0.222 e. The van der Waals surface area contributed by atoms with E-state index >= 15 is 0 Å². The Hall–Kier alpha value is -0.900. The summed E-state index contributed by atoms with van der Waals surface area (Å²) in [5.41, 5.74) is 0. The SMILES string of the molecule is CC.CC(=O)COCCCCCCCCNC(=O)C(C)C. The molecule has 0 aromatic heterocycles. The third kappa shape index (κ3) is 19.1. The van der Waals surface area contributed by atoms with Crippen LogP contribution in [-0.4, -0.2) is 31.4 Å². The molecule has 0 aromatic carbocycles. The molecule has 0 saturated carbocycles. The number of unbranched alkanes of at least 4 members (excludes halogenated alkanes) is 5. The van der Waals surface area contributed by atoms with Crippen LogP contribution < -0.4 is 5.32 Å². The highest BCUT2D eigenvalue weighted by atomic mass is 16.5. The second-order valence-corrected chi connectivity index (χ2v) is 5.32. The molecule has 0 spiro atoms. The molecule has 0 fully saturated rings. The van der Waals surface area contributed by atoms with Crippen LogP contribution in [0.2, 0.25) is 0 Å². The van der Waals surface area contributed by atoms with Crippen molar-refractivity contribution in [1.29, 1.82) is 0 Å². The summed E-state index contributed by atoms with van der Waals surface area (Å²) in [7, 11) is 0. The molecule has 4 heteroatoms. The minimum atomic E-state index is 0.0787. The lowest BCUT2D eigenvalue weighted by atomic mass is 10.1. The van der Waals surface area contributed by atoms with Gasteiger partial charge in [-0.25, -0.2) is 0 Å². The van der Waals surface area contributed by atoms with E-state index in [2.05, 4.69) is 5.32 Å². The van der Waals surface area contributed by atoms with Crippen LogP contribution in [0.15, 0.2) is 0 Å². The van der Waals surface area contributed by atoms with Crippen LogP contribution >= 0.6 is 0 Å². The predicted molar refractivity (Wildman–Crippen MR) is 88.4 cm³/mol. The molecule has 0 aromatic rings. The number of Topliss-reactive ketones (excluding diaryl/α,β-unsaturated/α-hetero) is 1. The van der Waals surface area contributed by atoms with E-state index in [1.165, 1.54) is 19.8 Å². The van der Waals surface area contributed by atoms with Crippen molar-refractivity contribution in [1.82, 2.24) is 5.32 Å². The van der Waals surface area contributed by atoms with Gasteiger partial charge < -0.3 is 10.1 Å². The van der Waals surface area contributed by atoms with E-state index in [1.54, 1.807) is 0 Å². The Kier molecular flexibility index (Phi) is 18.3. The average Bonchev–Trinajstić information content (AvgIpc) is 2.46. The van der Waals surface area contributed by atoms with Crippen molar-refractivity contribution < 1.29 is 14.3 Å². The van der Waals surface area contributed by atoms with Crippen LogP contribution in [0.25, 0.3) is 0 Å². The minimum Gasteiger partial charge on any atom is -0.374 e. The molecule has 126 valence electrons. The fourth-order valence-electron chi connectivity index (χ4n) is 1.67. The summed E-state index contributed by atoms with van der Waals surface area (Å²) < 4.78 is 5.19. The largest absolute Gasteiger partial charge is 0.374 e. The molecule has 0 unspecified atom stereocenters. The molecule has 1 amide bonds. The lowest BCUT2D eigenvalue weighted by Crippen LogP contribution is -2.28. The van der Waals surface area contributed by atoms with Gasteiger partial charge in [-0.05, 0) is 19.8 Å². The van der Waals surface area contributed by atoms with Gasteiger partial charge in [-0.1, -0.05) is 53.4 Å². The Labute approximate surface area is 131 Å². The Balaban J connectivity index is 0. The van der Waals surface area contributed by atoms with Gasteiger partial charge in [0.25, 0.3) is 0 Å². The van der Waals surface area contributed by atoms with E-state index in [0.29, 0.717) is 6.61 Å². The first kappa shape index (κ1) is 22.4. The van der Waals surface area contributed by atoms with Gasteiger partial charge >= 0.3 is 0 Å². The molecular formula is C17H35NO3. The Morgan fingerprint density at radius 1 is 0.952 bits per heavy atom. The Morgan fingerprint density at radius 2 is 1.48 bits per heavy atom. The minimum absolute atomic E-state index is 0.0787. The molecule has 0 saturated heterocycles. The van der Waals surface area contributed by atoms with Crippen molar-refractivity contribution in [2.75, 3.05) is 19.8 Å². The first-order chi connectivity index (χ1) is 10.0. The van der Waals surface area contributed by atoms with Gasteiger partial charge in [0, 0.05) is 19.1 Å². The van der Waals surface area contributed by atoms with Gasteiger partial charge in [-0.15, -0.1) is 0 Å². The monoisotopic (exact) mass is 301 g/mol. The van der Waals surface area contributed by atoms with Crippen LogP contribution in [-0.2, 0) is 14.3 Å². The lowest BCUT2D eigenvalue weighted by Gasteiger charge is -2.07. The van der Waals surface area contributed by atoms with E-state index in [4.69, 9.17) is 4.74 Å². The van der Waals surface area contributed by atoms with Crippen molar-refractivity contribution in [2.45, 2.75) is 73.1 Å². The zero-order valence-corrected chi connectivity index (χ0v) is 14.7. The van der Waals surface area contributed by atoms with Crippen molar-refractivity contribution >= 4 is 11.7 Å². The Morgan fingerprint density at radius 3 is 2.00 bits per heavy atom. The molecule has 21 heavy (non-hydrogen) atoms. The number of carbonyl (C=O) groups excluding carboxylic acids is 2. The van der Waals surface area contributed by atoms with Crippen LogP contribution in [0.5, 0.6) is 0 Å². The summed E-state index contributed by atoms with van der Waals surface area (Å²) in [4.78, 5) is 21.9. The summed E-state index contributed by atoms with van der Waals surface area (Å²) >= 11 is 0. The maximum absolute atomic E-state index is 11.3. The number of nitrogens with one attached hydrogen (secondary N) is 1. The fraction of sp³-hybridized carbons (Fsp3) is 0.882. The van der Waals surface area contributed by atoms with E-state index in [9.17, 15) is 9.59 Å². The molecule has 0 heterocycles. The van der Waals surface area contributed by atoms with Crippen LogP contribution in [0, 0.1) is 5.92 Å². The maximum Gasteiger partial charge on any atom is 0.222 e. The lowest BCUT2D eigenvalue weighted by molar-refractivity contribution is -0.124.